The van der Waals surface area contributed by atoms with E-state index in [1.165, 1.54) is 5.57 Å². The second-order valence-electron chi connectivity index (χ2n) is 7.13. The Bertz CT molecular complexity index is 920. The van der Waals surface area contributed by atoms with Crippen molar-refractivity contribution < 1.29 is 4.79 Å². The summed E-state index contributed by atoms with van der Waals surface area (Å²) in [6, 6.07) is 13.9. The van der Waals surface area contributed by atoms with Crippen LogP contribution in [0.2, 0.25) is 0 Å². The molecule has 120 valence electrons. The summed E-state index contributed by atoms with van der Waals surface area (Å²) in [6.07, 6.45) is 2.17. The first-order valence-corrected chi connectivity index (χ1v) is 8.21. The smallest absolute Gasteiger partial charge is 0.278 e. The summed E-state index contributed by atoms with van der Waals surface area (Å²) in [7, 11) is 0. The summed E-state index contributed by atoms with van der Waals surface area (Å²) < 4.78 is 0. The number of aryl methyl sites for hydroxylation is 1. The van der Waals surface area contributed by atoms with Gasteiger partial charge in [0.15, 0.2) is 0 Å². The summed E-state index contributed by atoms with van der Waals surface area (Å²) >= 11 is 0. The highest BCUT2D eigenvalue weighted by Gasteiger charge is 2.45. The Balaban J connectivity index is 2.01. The maximum atomic E-state index is 13.2. The topological polar surface area (TPSA) is 32.7 Å². The third kappa shape index (κ3) is 2.04. The van der Waals surface area contributed by atoms with Gasteiger partial charge in [-0.05, 0) is 63.1 Å². The Morgan fingerprint density at radius 3 is 2.38 bits per heavy atom. The van der Waals surface area contributed by atoms with Crippen molar-refractivity contribution in [1.29, 1.82) is 0 Å². The van der Waals surface area contributed by atoms with Gasteiger partial charge in [0, 0.05) is 11.1 Å². The van der Waals surface area contributed by atoms with E-state index >= 15 is 0 Å². The quantitative estimate of drug-likeness (QED) is 0.753. The number of aliphatic imine (C=N–C) groups is 1. The molecule has 0 aliphatic carbocycles. The number of carbonyl (C=O) groups is 1. The van der Waals surface area contributed by atoms with Gasteiger partial charge in [-0.2, -0.15) is 0 Å². The molecule has 2 aliphatic rings. The molecule has 2 heterocycles. The number of rotatable bonds is 1. The molecular formula is C21H20N2O. The third-order valence-electron chi connectivity index (χ3n) is 4.71. The van der Waals surface area contributed by atoms with Crippen LogP contribution in [0.4, 0.5) is 11.4 Å². The van der Waals surface area contributed by atoms with Crippen LogP contribution < -0.4 is 4.90 Å². The van der Waals surface area contributed by atoms with Crippen LogP contribution in [-0.4, -0.2) is 17.2 Å². The van der Waals surface area contributed by atoms with E-state index in [1.807, 2.05) is 35.2 Å². The average molecular weight is 316 g/mol. The number of anilines is 1. The second kappa shape index (κ2) is 4.91. The molecule has 0 saturated heterocycles. The van der Waals surface area contributed by atoms with Gasteiger partial charge in [0.05, 0.1) is 16.9 Å². The van der Waals surface area contributed by atoms with Crippen molar-refractivity contribution in [3.63, 3.8) is 0 Å². The Labute approximate surface area is 142 Å². The number of carbonyl (C=O) groups excluding carboxylic acids is 1. The predicted molar refractivity (Wildman–Crippen MR) is 99.0 cm³/mol. The van der Waals surface area contributed by atoms with E-state index in [0.717, 1.165) is 28.1 Å². The molecule has 0 unspecified atom stereocenters. The molecule has 2 aromatic carbocycles. The van der Waals surface area contributed by atoms with Crippen LogP contribution in [0.25, 0.3) is 5.57 Å². The standard InChI is InChI=1S/C21H20N2O/c1-13-10-16-14(2)12-21(3,4)23-19(16)17(11-13)18(20(23)24)22-15-8-6-5-7-9-15/h5-12H,1-4H3. The van der Waals surface area contributed by atoms with E-state index in [9.17, 15) is 4.79 Å². The van der Waals surface area contributed by atoms with Gasteiger partial charge in [-0.1, -0.05) is 24.3 Å². The van der Waals surface area contributed by atoms with Crippen LogP contribution in [0.5, 0.6) is 0 Å². The second-order valence-corrected chi connectivity index (χ2v) is 7.13. The molecule has 0 N–H and O–H groups in total. The van der Waals surface area contributed by atoms with Gasteiger partial charge in [0.25, 0.3) is 5.91 Å². The van der Waals surface area contributed by atoms with E-state index in [1.54, 1.807) is 0 Å². The zero-order valence-electron chi connectivity index (χ0n) is 14.4. The van der Waals surface area contributed by atoms with Crippen molar-refractivity contribution in [2.45, 2.75) is 33.2 Å². The zero-order valence-corrected chi connectivity index (χ0v) is 14.4. The first-order chi connectivity index (χ1) is 11.4. The van der Waals surface area contributed by atoms with Crippen molar-refractivity contribution >= 4 is 28.6 Å². The summed E-state index contributed by atoms with van der Waals surface area (Å²) in [4.78, 5) is 19.8. The number of para-hydroxylation sites is 1. The highest BCUT2D eigenvalue weighted by molar-refractivity contribution is 6.55. The normalized spacial score (nSPS) is 19.5. The highest BCUT2D eigenvalue weighted by Crippen LogP contribution is 2.46. The van der Waals surface area contributed by atoms with E-state index in [0.29, 0.717) is 5.71 Å². The molecule has 3 nitrogen and oxygen atoms in total. The lowest BCUT2D eigenvalue weighted by molar-refractivity contribution is -0.112. The molecule has 0 aromatic heterocycles. The molecule has 4 rings (SSSR count). The fraction of sp³-hybridized carbons (Fsp3) is 0.238. The molecule has 0 saturated carbocycles. The van der Waals surface area contributed by atoms with Crippen LogP contribution in [-0.2, 0) is 4.79 Å². The number of hydrogen-bond acceptors (Lipinski definition) is 2. The largest absolute Gasteiger partial charge is 0.297 e. The molecule has 0 bridgehead atoms. The fourth-order valence-electron chi connectivity index (χ4n) is 3.79. The minimum atomic E-state index is -0.355. The van der Waals surface area contributed by atoms with Crippen molar-refractivity contribution in [3.05, 3.63) is 65.2 Å². The van der Waals surface area contributed by atoms with E-state index in [-0.39, 0.29) is 11.4 Å². The van der Waals surface area contributed by atoms with Gasteiger partial charge >= 0.3 is 0 Å². The summed E-state index contributed by atoms with van der Waals surface area (Å²) in [5, 5.41) is 0. The molecule has 2 aliphatic heterocycles. The number of amides is 1. The van der Waals surface area contributed by atoms with Gasteiger partial charge in [0.2, 0.25) is 0 Å². The van der Waals surface area contributed by atoms with Crippen molar-refractivity contribution in [1.82, 2.24) is 0 Å². The van der Waals surface area contributed by atoms with Crippen molar-refractivity contribution in [2.24, 2.45) is 4.99 Å². The summed E-state index contributed by atoms with van der Waals surface area (Å²) in [5.74, 6) is -0.0190. The van der Waals surface area contributed by atoms with E-state index < -0.39 is 0 Å². The van der Waals surface area contributed by atoms with Crippen LogP contribution in [0.1, 0.15) is 37.5 Å². The SMILES string of the molecule is CC1=CC(C)(C)N2C(=O)C(=Nc3ccccc3)c3cc(C)cc1c32. The van der Waals surface area contributed by atoms with Gasteiger partial charge in [-0.25, -0.2) is 4.99 Å². The molecule has 1 amide bonds. The third-order valence-corrected chi connectivity index (χ3v) is 4.71. The first kappa shape index (κ1) is 14.9. The van der Waals surface area contributed by atoms with E-state index in [4.69, 9.17) is 0 Å². The number of hydrogen-bond donors (Lipinski definition) is 0. The lowest BCUT2D eigenvalue weighted by atomic mass is 9.88. The molecule has 3 heteroatoms. The number of allylic oxidation sites excluding steroid dienone is 1. The van der Waals surface area contributed by atoms with Crippen LogP contribution >= 0.6 is 0 Å². The van der Waals surface area contributed by atoms with Crippen molar-refractivity contribution in [3.8, 4) is 0 Å². The van der Waals surface area contributed by atoms with Crippen molar-refractivity contribution in [2.75, 3.05) is 4.90 Å². The molecule has 0 atom stereocenters. The van der Waals surface area contributed by atoms with Gasteiger partial charge < -0.3 is 0 Å². The van der Waals surface area contributed by atoms with Gasteiger partial charge in [0.1, 0.15) is 5.71 Å². The van der Waals surface area contributed by atoms with Crippen LogP contribution in [0.15, 0.2) is 53.5 Å². The fourth-order valence-corrected chi connectivity index (χ4v) is 3.79. The monoisotopic (exact) mass is 316 g/mol. The molecule has 2 aromatic rings. The number of benzene rings is 2. The first-order valence-electron chi connectivity index (χ1n) is 8.21. The molecule has 0 spiro atoms. The Kier molecular flexibility index (Phi) is 3.04. The Hall–Kier alpha value is -2.68. The lowest BCUT2D eigenvalue weighted by Gasteiger charge is -2.38. The van der Waals surface area contributed by atoms with Gasteiger partial charge in [-0.15, -0.1) is 0 Å². The van der Waals surface area contributed by atoms with Crippen LogP contribution in [0, 0.1) is 6.92 Å². The lowest BCUT2D eigenvalue weighted by Crippen LogP contribution is -2.47. The number of nitrogens with zero attached hydrogens (tertiary/aromatic N) is 2. The molecular weight excluding hydrogens is 296 g/mol. The Morgan fingerprint density at radius 1 is 1.00 bits per heavy atom. The minimum absolute atomic E-state index is 0.0190. The minimum Gasteiger partial charge on any atom is -0.297 e. The average Bonchev–Trinajstić information content (AvgIpc) is 2.79. The van der Waals surface area contributed by atoms with Crippen LogP contribution in [0.3, 0.4) is 0 Å². The Morgan fingerprint density at radius 2 is 1.67 bits per heavy atom. The maximum absolute atomic E-state index is 13.2. The maximum Gasteiger partial charge on any atom is 0.278 e. The molecule has 0 fully saturated rings. The molecule has 0 radical (unpaired) electrons. The highest BCUT2D eigenvalue weighted by atomic mass is 16.2. The summed E-state index contributed by atoms with van der Waals surface area (Å²) in [5.41, 5.74) is 6.43. The molecule has 24 heavy (non-hydrogen) atoms. The zero-order chi connectivity index (χ0) is 17.1. The summed E-state index contributed by atoms with van der Waals surface area (Å²) in [6.45, 7) is 8.33. The predicted octanol–water partition coefficient (Wildman–Crippen LogP) is 4.66. The van der Waals surface area contributed by atoms with E-state index in [2.05, 4.69) is 50.9 Å². The van der Waals surface area contributed by atoms with Gasteiger partial charge in [-0.3, -0.25) is 9.69 Å².